The van der Waals surface area contributed by atoms with E-state index in [1.165, 1.54) is 0 Å². The minimum absolute atomic E-state index is 0. The van der Waals surface area contributed by atoms with Crippen LogP contribution in [0.15, 0.2) is 9.98 Å². The smallest absolute Gasteiger partial charge is 0.328 e. The predicted molar refractivity (Wildman–Crippen MR) is 207 cm³/mol. The van der Waals surface area contributed by atoms with Crippen molar-refractivity contribution in [2.24, 2.45) is 38.7 Å². The number of amides is 7. The van der Waals surface area contributed by atoms with Gasteiger partial charge in [0.05, 0.1) is 45.2 Å². The normalized spacial score (nSPS) is 13.3. The number of aliphatic hydroxyl groups is 2. The first-order valence-corrected chi connectivity index (χ1v) is 17.4. The van der Waals surface area contributed by atoms with E-state index in [4.69, 9.17) is 44.0 Å². The molecule has 30 heteroatoms. The zero-order chi connectivity index (χ0) is 45.2. The second-order valence-electron chi connectivity index (χ2n) is 12.3. The number of carbonyl (C=O) groups is 10. The van der Waals surface area contributed by atoms with Crippen LogP contribution >= 0.6 is 12.4 Å². The van der Waals surface area contributed by atoms with E-state index in [0.29, 0.717) is 6.42 Å². The summed E-state index contributed by atoms with van der Waals surface area (Å²) >= 11 is 0. The number of hydrogen-bond donors (Lipinski definition) is 17. The van der Waals surface area contributed by atoms with Crippen LogP contribution in [0.25, 0.3) is 0 Å². The molecular weight excluding hydrogens is 832 g/mol. The molecule has 0 aromatic carbocycles. The molecule has 0 spiro atoms. The van der Waals surface area contributed by atoms with Gasteiger partial charge in [-0.3, -0.25) is 53.1 Å². The van der Waals surface area contributed by atoms with Crippen LogP contribution < -0.4 is 65.9 Å². The number of carboxylic acids is 3. The molecule has 60 heavy (non-hydrogen) atoms. The first-order valence-electron chi connectivity index (χ1n) is 17.4. The van der Waals surface area contributed by atoms with Gasteiger partial charge in [-0.15, -0.1) is 12.4 Å². The molecule has 0 rings (SSSR count). The zero-order valence-corrected chi connectivity index (χ0v) is 32.8. The van der Waals surface area contributed by atoms with E-state index in [9.17, 15) is 58.2 Å². The highest BCUT2D eigenvalue weighted by Gasteiger charge is 2.32. The highest BCUT2D eigenvalue weighted by molar-refractivity contribution is 5.97. The minimum Gasteiger partial charge on any atom is -0.481 e. The highest BCUT2D eigenvalue weighted by Crippen LogP contribution is 2.02. The second kappa shape index (κ2) is 29.6. The van der Waals surface area contributed by atoms with Crippen LogP contribution in [0.2, 0.25) is 0 Å². The third kappa shape index (κ3) is 24.2. The average Bonchev–Trinajstić information content (AvgIpc) is 3.15. The Balaban J connectivity index is 0. The zero-order valence-electron chi connectivity index (χ0n) is 32.0. The van der Waals surface area contributed by atoms with Crippen molar-refractivity contribution in [1.82, 2.24) is 37.2 Å². The number of nitrogens with two attached hydrogens (primary N) is 5. The number of hydrogen-bond acceptors (Lipinski definition) is 15. The van der Waals surface area contributed by atoms with Crippen molar-refractivity contribution >= 4 is 83.6 Å². The number of nitrogens with one attached hydrogen (secondary N) is 7. The summed E-state index contributed by atoms with van der Waals surface area (Å²) in [6.07, 6.45) is -1.83. The summed E-state index contributed by atoms with van der Waals surface area (Å²) in [5, 5.41) is 61.0. The van der Waals surface area contributed by atoms with Crippen molar-refractivity contribution in [1.29, 1.82) is 0 Å². The first-order chi connectivity index (χ1) is 27.6. The number of aliphatic carboxylic acids is 3. The van der Waals surface area contributed by atoms with Crippen LogP contribution in [0.4, 0.5) is 0 Å². The van der Waals surface area contributed by atoms with E-state index in [0.717, 1.165) is 0 Å². The van der Waals surface area contributed by atoms with Gasteiger partial charge in [-0.25, -0.2) is 4.79 Å². The van der Waals surface area contributed by atoms with E-state index in [1.807, 2.05) is 16.0 Å². The van der Waals surface area contributed by atoms with Gasteiger partial charge in [-0.2, -0.15) is 0 Å². The van der Waals surface area contributed by atoms with Crippen molar-refractivity contribution in [2.45, 2.75) is 74.8 Å². The topological polar surface area (TPSA) is 511 Å². The molecule has 0 aliphatic heterocycles. The quantitative estimate of drug-likeness (QED) is 0.0188. The monoisotopic (exact) mass is 884 g/mol. The Morgan fingerprint density at radius 3 is 1.28 bits per heavy atom. The lowest BCUT2D eigenvalue weighted by molar-refractivity contribution is -0.144. The Kier molecular flexibility index (Phi) is 27.4. The summed E-state index contributed by atoms with van der Waals surface area (Å²) in [5.41, 5.74) is 26.8. The molecule has 7 amide bonds. The SMILES string of the molecule is Cl.NC(N)=NCCC[C@H](NC(=O)[C@H](CO)NC(=O)[C@H](CC(=O)O)NC(=O)CNC(=O)[C@@H](N)CCCN=C(N)N)C(=O)NCC(=O)N[C@@H](CC(=O)O)C(=O)N[C@@H](CO)C(=O)O. The van der Waals surface area contributed by atoms with Crippen molar-refractivity contribution < 1.29 is 73.5 Å². The number of carboxylic acid groups (broad SMARTS) is 3. The molecule has 0 fully saturated rings. The van der Waals surface area contributed by atoms with Gasteiger partial charge in [-0.05, 0) is 25.7 Å². The van der Waals surface area contributed by atoms with Crippen molar-refractivity contribution in [3.8, 4) is 0 Å². The molecule has 22 N–H and O–H groups in total. The van der Waals surface area contributed by atoms with Crippen LogP contribution in [0.5, 0.6) is 0 Å². The molecule has 29 nitrogen and oxygen atoms in total. The maximum Gasteiger partial charge on any atom is 0.328 e. The maximum atomic E-state index is 13.2. The Morgan fingerprint density at radius 2 is 0.883 bits per heavy atom. The number of halogens is 1. The number of guanidine groups is 2. The van der Waals surface area contributed by atoms with E-state index >= 15 is 0 Å². The maximum absolute atomic E-state index is 13.2. The highest BCUT2D eigenvalue weighted by atomic mass is 35.5. The van der Waals surface area contributed by atoms with Gasteiger partial charge in [0.1, 0.15) is 30.2 Å². The van der Waals surface area contributed by atoms with Gasteiger partial charge in [0.2, 0.25) is 41.4 Å². The predicted octanol–water partition coefficient (Wildman–Crippen LogP) is -9.48. The largest absolute Gasteiger partial charge is 0.481 e. The molecule has 0 aliphatic carbocycles. The summed E-state index contributed by atoms with van der Waals surface area (Å²) in [6.45, 7) is -3.76. The van der Waals surface area contributed by atoms with Crippen LogP contribution in [0.3, 0.4) is 0 Å². The van der Waals surface area contributed by atoms with Gasteiger partial charge in [-0.1, -0.05) is 0 Å². The molecule has 0 saturated carbocycles. The molecule has 0 heterocycles. The Bertz CT molecular complexity index is 1580. The standard InChI is InChI=1S/C30H52N14O15.ClH/c31-13(3-1-5-36-29(32)33)23(53)38-9-19(47)40-15(7-21(49)50)25(55)43-17(11-45)27(57)42-14(4-2-6-37-30(34)35)24(54)39-10-20(48)41-16(8-22(51)52)26(56)44-18(12-46)28(58)59;/h13-18,45-46H,1-12,31H2,(H,38,53)(H,39,54)(H,40,47)(H,41,48)(H,42,57)(H,43,55)(H,44,56)(H,49,50)(H,51,52)(H,58,59)(H4,32,33,36)(H4,34,35,37);1H/t13-,14-,15-,16-,17-,18-;/m0./s1. The number of aliphatic hydroxyl groups excluding tert-OH is 2. The molecule has 0 saturated heterocycles. The van der Waals surface area contributed by atoms with E-state index in [1.54, 1.807) is 0 Å². The molecule has 0 aromatic heterocycles. The summed E-state index contributed by atoms with van der Waals surface area (Å²) in [6, 6.07) is -10.0. The van der Waals surface area contributed by atoms with E-state index in [-0.39, 0.29) is 56.7 Å². The Labute approximate surface area is 346 Å². The third-order valence-corrected chi connectivity index (χ3v) is 7.40. The summed E-state index contributed by atoms with van der Waals surface area (Å²) in [7, 11) is 0. The van der Waals surface area contributed by atoms with Gasteiger partial charge >= 0.3 is 17.9 Å². The summed E-state index contributed by atoms with van der Waals surface area (Å²) in [5.74, 6) is -13.1. The van der Waals surface area contributed by atoms with Crippen LogP contribution in [0.1, 0.15) is 38.5 Å². The van der Waals surface area contributed by atoms with Gasteiger partial charge in [0.15, 0.2) is 11.9 Å². The molecule has 0 aromatic rings. The van der Waals surface area contributed by atoms with Gasteiger partial charge in [0.25, 0.3) is 0 Å². The van der Waals surface area contributed by atoms with Crippen LogP contribution in [-0.2, 0) is 47.9 Å². The van der Waals surface area contributed by atoms with E-state index in [2.05, 4.69) is 31.3 Å². The fourth-order valence-corrected chi connectivity index (χ4v) is 4.47. The molecule has 0 bridgehead atoms. The molecule has 340 valence electrons. The average molecular weight is 885 g/mol. The molecule has 0 radical (unpaired) electrons. The molecule has 0 aliphatic rings. The van der Waals surface area contributed by atoms with Crippen molar-refractivity contribution in [3.63, 3.8) is 0 Å². The van der Waals surface area contributed by atoms with Gasteiger partial charge in [0, 0.05) is 13.1 Å². The number of nitrogens with zero attached hydrogens (tertiary/aromatic N) is 2. The number of aliphatic imine (C=N–C) groups is 2. The lowest BCUT2D eigenvalue weighted by Crippen LogP contribution is -2.59. The lowest BCUT2D eigenvalue weighted by atomic mass is 10.1. The fourth-order valence-electron chi connectivity index (χ4n) is 4.47. The number of rotatable bonds is 29. The Hall–Kier alpha value is -6.59. The fraction of sp³-hybridized carbons (Fsp3) is 0.600. The number of carbonyl (C=O) groups excluding carboxylic acids is 7. The Morgan fingerprint density at radius 1 is 0.500 bits per heavy atom. The molecule has 6 atom stereocenters. The second-order valence-corrected chi connectivity index (χ2v) is 12.3. The van der Waals surface area contributed by atoms with Crippen LogP contribution in [0, 0.1) is 0 Å². The molecule has 0 unspecified atom stereocenters. The summed E-state index contributed by atoms with van der Waals surface area (Å²) < 4.78 is 0. The van der Waals surface area contributed by atoms with Crippen molar-refractivity contribution in [3.05, 3.63) is 0 Å². The minimum atomic E-state index is -1.87. The third-order valence-electron chi connectivity index (χ3n) is 7.40. The van der Waals surface area contributed by atoms with E-state index < -0.39 is 135 Å². The first kappa shape index (κ1) is 55.5. The van der Waals surface area contributed by atoms with Gasteiger partial charge < -0.3 is 91.4 Å². The van der Waals surface area contributed by atoms with Crippen LogP contribution in [-0.4, -0.2) is 172 Å². The lowest BCUT2D eigenvalue weighted by Gasteiger charge is -2.24. The summed E-state index contributed by atoms with van der Waals surface area (Å²) in [4.78, 5) is 130. The van der Waals surface area contributed by atoms with Crippen molar-refractivity contribution in [2.75, 3.05) is 39.4 Å². The molecular formula is C30H53ClN14O15.